The van der Waals surface area contributed by atoms with E-state index in [2.05, 4.69) is 44.3 Å². The SMILES string of the molecule is c1ccc(CCc2nc3n(n2)CCNCC3)cc1. The van der Waals surface area contributed by atoms with E-state index < -0.39 is 0 Å². The van der Waals surface area contributed by atoms with Gasteiger partial charge in [0, 0.05) is 25.9 Å². The van der Waals surface area contributed by atoms with Crippen LogP contribution in [-0.2, 0) is 25.8 Å². The smallest absolute Gasteiger partial charge is 0.151 e. The van der Waals surface area contributed by atoms with E-state index in [0.717, 1.165) is 50.5 Å². The van der Waals surface area contributed by atoms with Gasteiger partial charge in [0.05, 0.1) is 6.54 Å². The van der Waals surface area contributed by atoms with Crippen LogP contribution in [0.15, 0.2) is 30.3 Å². The molecule has 0 aliphatic carbocycles. The lowest BCUT2D eigenvalue weighted by Gasteiger charge is -1.99. The lowest BCUT2D eigenvalue weighted by atomic mass is 10.1. The summed E-state index contributed by atoms with van der Waals surface area (Å²) in [4.78, 5) is 4.64. The summed E-state index contributed by atoms with van der Waals surface area (Å²) in [6, 6.07) is 10.5. The van der Waals surface area contributed by atoms with Gasteiger partial charge in [0.1, 0.15) is 5.82 Å². The summed E-state index contributed by atoms with van der Waals surface area (Å²) >= 11 is 0. The maximum absolute atomic E-state index is 4.64. The Kier molecular flexibility index (Phi) is 3.37. The summed E-state index contributed by atoms with van der Waals surface area (Å²) < 4.78 is 2.06. The van der Waals surface area contributed by atoms with Gasteiger partial charge in [0.25, 0.3) is 0 Å². The lowest BCUT2D eigenvalue weighted by Crippen LogP contribution is -2.18. The third-order valence-electron chi connectivity index (χ3n) is 3.30. The highest BCUT2D eigenvalue weighted by Crippen LogP contribution is 2.07. The topological polar surface area (TPSA) is 42.7 Å². The summed E-state index contributed by atoms with van der Waals surface area (Å²) in [5.74, 6) is 2.11. The molecule has 0 fully saturated rings. The number of hydrogen-bond acceptors (Lipinski definition) is 3. The fourth-order valence-electron chi connectivity index (χ4n) is 2.31. The summed E-state index contributed by atoms with van der Waals surface area (Å²) in [7, 11) is 0. The third kappa shape index (κ3) is 2.59. The number of aryl methyl sites for hydroxylation is 2. The van der Waals surface area contributed by atoms with E-state index in [-0.39, 0.29) is 0 Å². The highest BCUT2D eigenvalue weighted by atomic mass is 15.4. The second kappa shape index (κ2) is 5.31. The Labute approximate surface area is 107 Å². The largest absolute Gasteiger partial charge is 0.314 e. The van der Waals surface area contributed by atoms with E-state index in [4.69, 9.17) is 0 Å². The molecule has 94 valence electrons. The monoisotopic (exact) mass is 242 g/mol. The fraction of sp³-hybridized carbons (Fsp3) is 0.429. The molecule has 0 saturated heterocycles. The maximum atomic E-state index is 4.64. The molecule has 1 aliphatic heterocycles. The molecule has 1 aromatic carbocycles. The van der Waals surface area contributed by atoms with Crippen LogP contribution in [0.2, 0.25) is 0 Å². The van der Waals surface area contributed by atoms with Crippen LogP contribution < -0.4 is 5.32 Å². The van der Waals surface area contributed by atoms with E-state index >= 15 is 0 Å². The van der Waals surface area contributed by atoms with Crippen molar-refractivity contribution < 1.29 is 0 Å². The zero-order chi connectivity index (χ0) is 12.2. The van der Waals surface area contributed by atoms with E-state index in [9.17, 15) is 0 Å². The van der Waals surface area contributed by atoms with Crippen LogP contribution in [0.1, 0.15) is 17.2 Å². The molecular weight excluding hydrogens is 224 g/mol. The molecule has 0 spiro atoms. The van der Waals surface area contributed by atoms with Gasteiger partial charge in [0.15, 0.2) is 5.82 Å². The molecule has 0 atom stereocenters. The number of nitrogens with one attached hydrogen (secondary N) is 1. The zero-order valence-corrected chi connectivity index (χ0v) is 10.5. The second-order valence-corrected chi connectivity index (χ2v) is 4.65. The van der Waals surface area contributed by atoms with Crippen molar-refractivity contribution in [2.24, 2.45) is 0 Å². The Morgan fingerprint density at radius 2 is 2.00 bits per heavy atom. The Balaban J connectivity index is 1.67. The Hall–Kier alpha value is -1.68. The molecule has 0 saturated carbocycles. The minimum absolute atomic E-state index is 0.928. The average molecular weight is 242 g/mol. The standard InChI is InChI=1S/C14H18N4/c1-2-4-12(5-3-1)6-7-13-16-14-8-9-15-10-11-18(14)17-13/h1-5,15H,6-11H2. The van der Waals surface area contributed by atoms with Gasteiger partial charge in [0.2, 0.25) is 0 Å². The zero-order valence-electron chi connectivity index (χ0n) is 10.5. The summed E-state index contributed by atoms with van der Waals surface area (Å²) in [5.41, 5.74) is 1.35. The van der Waals surface area contributed by atoms with Crippen LogP contribution in [0.25, 0.3) is 0 Å². The van der Waals surface area contributed by atoms with E-state index in [0.29, 0.717) is 0 Å². The Bertz CT molecular complexity index is 480. The van der Waals surface area contributed by atoms with Gasteiger partial charge in [-0.15, -0.1) is 0 Å². The first-order chi connectivity index (χ1) is 8.92. The first kappa shape index (κ1) is 11.4. The summed E-state index contributed by atoms with van der Waals surface area (Å²) in [5, 5.41) is 7.95. The van der Waals surface area contributed by atoms with Gasteiger partial charge in [-0.1, -0.05) is 30.3 Å². The van der Waals surface area contributed by atoms with Crippen molar-refractivity contribution in [3.63, 3.8) is 0 Å². The van der Waals surface area contributed by atoms with Gasteiger partial charge < -0.3 is 5.32 Å². The molecule has 1 N–H and O–H groups in total. The highest BCUT2D eigenvalue weighted by molar-refractivity contribution is 5.15. The number of aromatic nitrogens is 3. The molecule has 2 aromatic rings. The third-order valence-corrected chi connectivity index (χ3v) is 3.30. The van der Waals surface area contributed by atoms with Gasteiger partial charge >= 0.3 is 0 Å². The maximum Gasteiger partial charge on any atom is 0.151 e. The number of rotatable bonds is 3. The molecule has 4 nitrogen and oxygen atoms in total. The van der Waals surface area contributed by atoms with Crippen molar-refractivity contribution in [3.05, 3.63) is 47.5 Å². The molecule has 0 radical (unpaired) electrons. The molecule has 2 heterocycles. The molecule has 1 aliphatic rings. The molecule has 0 bridgehead atoms. The molecule has 18 heavy (non-hydrogen) atoms. The molecule has 4 heteroatoms. The van der Waals surface area contributed by atoms with Crippen LogP contribution in [0, 0.1) is 0 Å². The van der Waals surface area contributed by atoms with Gasteiger partial charge in [-0.3, -0.25) is 0 Å². The second-order valence-electron chi connectivity index (χ2n) is 4.65. The van der Waals surface area contributed by atoms with Crippen LogP contribution in [0.5, 0.6) is 0 Å². The van der Waals surface area contributed by atoms with E-state index in [1.54, 1.807) is 0 Å². The first-order valence-electron chi connectivity index (χ1n) is 6.59. The van der Waals surface area contributed by atoms with E-state index in [1.165, 1.54) is 5.56 Å². The predicted octanol–water partition coefficient (Wildman–Crippen LogP) is 1.21. The fourth-order valence-corrected chi connectivity index (χ4v) is 2.31. The van der Waals surface area contributed by atoms with Crippen molar-refractivity contribution in [2.45, 2.75) is 25.8 Å². The molecular formula is C14H18N4. The van der Waals surface area contributed by atoms with E-state index in [1.807, 2.05) is 6.07 Å². The van der Waals surface area contributed by atoms with Crippen LogP contribution in [0.4, 0.5) is 0 Å². The van der Waals surface area contributed by atoms with Crippen LogP contribution >= 0.6 is 0 Å². The normalized spacial score (nSPS) is 15.1. The highest BCUT2D eigenvalue weighted by Gasteiger charge is 2.12. The predicted molar refractivity (Wildman–Crippen MR) is 70.4 cm³/mol. The summed E-state index contributed by atoms with van der Waals surface area (Å²) in [6.45, 7) is 2.94. The summed E-state index contributed by atoms with van der Waals surface area (Å²) in [6.07, 6.45) is 2.93. The molecule has 0 unspecified atom stereocenters. The molecule has 3 rings (SSSR count). The Morgan fingerprint density at radius 1 is 1.11 bits per heavy atom. The Morgan fingerprint density at radius 3 is 2.89 bits per heavy atom. The van der Waals surface area contributed by atoms with Gasteiger partial charge in [-0.25, -0.2) is 9.67 Å². The van der Waals surface area contributed by atoms with Crippen molar-refractivity contribution in [3.8, 4) is 0 Å². The van der Waals surface area contributed by atoms with Crippen molar-refractivity contribution >= 4 is 0 Å². The molecule has 0 amide bonds. The first-order valence-corrected chi connectivity index (χ1v) is 6.59. The van der Waals surface area contributed by atoms with Crippen molar-refractivity contribution in [1.82, 2.24) is 20.1 Å². The number of hydrogen-bond donors (Lipinski definition) is 1. The van der Waals surface area contributed by atoms with Crippen molar-refractivity contribution in [2.75, 3.05) is 13.1 Å². The number of nitrogens with zero attached hydrogens (tertiary/aromatic N) is 3. The quantitative estimate of drug-likeness (QED) is 0.879. The number of fused-ring (bicyclic) bond motifs is 1. The lowest BCUT2D eigenvalue weighted by molar-refractivity contribution is 0.581. The van der Waals surface area contributed by atoms with Gasteiger partial charge in [-0.05, 0) is 12.0 Å². The van der Waals surface area contributed by atoms with Crippen LogP contribution in [-0.4, -0.2) is 27.9 Å². The minimum atomic E-state index is 0.928. The number of benzene rings is 1. The van der Waals surface area contributed by atoms with Crippen molar-refractivity contribution in [1.29, 1.82) is 0 Å². The minimum Gasteiger partial charge on any atom is -0.314 e. The van der Waals surface area contributed by atoms with Crippen LogP contribution in [0.3, 0.4) is 0 Å². The van der Waals surface area contributed by atoms with Gasteiger partial charge in [-0.2, -0.15) is 5.10 Å². The average Bonchev–Trinajstić information content (AvgIpc) is 2.68. The molecule has 1 aromatic heterocycles.